The summed E-state index contributed by atoms with van der Waals surface area (Å²) in [6, 6.07) is 13.8. The molecule has 1 heterocycles. The Morgan fingerprint density at radius 1 is 1.00 bits per heavy atom. The van der Waals surface area contributed by atoms with Gasteiger partial charge in [0.25, 0.3) is 0 Å². The number of aromatic nitrogens is 3. The first-order valence-electron chi connectivity index (χ1n) is 7.80. The van der Waals surface area contributed by atoms with Crippen LogP contribution in [0.25, 0.3) is 5.69 Å². The van der Waals surface area contributed by atoms with Gasteiger partial charge in [-0.2, -0.15) is 17.9 Å². The Morgan fingerprint density at radius 3 is 2.27 bits per heavy atom. The van der Waals surface area contributed by atoms with E-state index < -0.39 is 17.4 Å². The monoisotopic (exact) mass is 363 g/mol. The third-order valence-corrected chi connectivity index (χ3v) is 3.85. The largest absolute Gasteiger partial charge is 0.416 e. The van der Waals surface area contributed by atoms with Crippen molar-refractivity contribution in [1.82, 2.24) is 14.3 Å². The van der Waals surface area contributed by atoms with Gasteiger partial charge in [-0.3, -0.25) is 4.57 Å². The normalized spacial score (nSPS) is 11.7. The number of ether oxygens (including phenoxy) is 1. The van der Waals surface area contributed by atoms with E-state index in [1.807, 2.05) is 30.3 Å². The Kier molecular flexibility index (Phi) is 4.94. The highest BCUT2D eigenvalue weighted by Gasteiger charge is 2.30. The lowest BCUT2D eigenvalue weighted by molar-refractivity contribution is -0.137. The first-order valence-corrected chi connectivity index (χ1v) is 7.80. The highest BCUT2D eigenvalue weighted by atomic mass is 19.4. The van der Waals surface area contributed by atoms with Crippen LogP contribution in [0.15, 0.2) is 59.4 Å². The molecule has 136 valence electrons. The summed E-state index contributed by atoms with van der Waals surface area (Å²) in [6.07, 6.45) is -4.43. The summed E-state index contributed by atoms with van der Waals surface area (Å²) >= 11 is 0. The van der Waals surface area contributed by atoms with E-state index in [-0.39, 0.29) is 12.3 Å². The number of alkyl halides is 3. The van der Waals surface area contributed by atoms with Crippen molar-refractivity contribution in [2.24, 2.45) is 7.05 Å². The van der Waals surface area contributed by atoms with Gasteiger partial charge in [0.15, 0.2) is 5.82 Å². The maximum absolute atomic E-state index is 12.6. The van der Waals surface area contributed by atoms with Gasteiger partial charge in [-0.1, -0.05) is 30.3 Å². The van der Waals surface area contributed by atoms with Crippen molar-refractivity contribution in [1.29, 1.82) is 0 Å². The van der Waals surface area contributed by atoms with Crippen LogP contribution in [-0.4, -0.2) is 14.3 Å². The van der Waals surface area contributed by atoms with Gasteiger partial charge in [-0.25, -0.2) is 4.79 Å². The molecule has 0 fully saturated rings. The Hall–Kier alpha value is -2.87. The number of hydrogen-bond donors (Lipinski definition) is 0. The predicted molar refractivity (Wildman–Crippen MR) is 88.7 cm³/mol. The molecule has 5 nitrogen and oxygen atoms in total. The van der Waals surface area contributed by atoms with Crippen LogP contribution in [0.1, 0.15) is 17.0 Å². The van der Waals surface area contributed by atoms with Crippen LogP contribution in [0, 0.1) is 0 Å². The van der Waals surface area contributed by atoms with Crippen LogP contribution in [0.2, 0.25) is 0 Å². The van der Waals surface area contributed by atoms with E-state index in [1.165, 1.54) is 23.7 Å². The molecule has 0 unspecified atom stereocenters. The maximum atomic E-state index is 12.6. The molecule has 3 rings (SSSR count). The van der Waals surface area contributed by atoms with E-state index in [0.29, 0.717) is 12.4 Å². The zero-order chi connectivity index (χ0) is 18.7. The molecule has 0 saturated carbocycles. The lowest BCUT2D eigenvalue weighted by Crippen LogP contribution is -2.22. The molecule has 8 heteroatoms. The van der Waals surface area contributed by atoms with Gasteiger partial charge >= 0.3 is 11.9 Å². The fraction of sp³-hybridized carbons (Fsp3) is 0.222. The van der Waals surface area contributed by atoms with Crippen molar-refractivity contribution in [2.75, 3.05) is 0 Å². The van der Waals surface area contributed by atoms with Gasteiger partial charge in [-0.15, -0.1) is 5.10 Å². The summed E-state index contributed by atoms with van der Waals surface area (Å²) in [5.74, 6) is 0.380. The minimum Gasteiger partial charge on any atom is -0.369 e. The summed E-state index contributed by atoms with van der Waals surface area (Å²) in [7, 11) is 1.54. The molecule has 0 aliphatic rings. The molecule has 0 aliphatic heterocycles. The van der Waals surface area contributed by atoms with Crippen molar-refractivity contribution in [2.45, 2.75) is 19.4 Å². The van der Waals surface area contributed by atoms with Crippen LogP contribution < -0.4 is 5.69 Å². The Bertz CT molecular complexity index is 929. The van der Waals surface area contributed by atoms with Crippen LogP contribution in [0.5, 0.6) is 0 Å². The summed E-state index contributed by atoms with van der Waals surface area (Å²) in [5, 5.41) is 4.16. The van der Waals surface area contributed by atoms with Gasteiger partial charge in [0, 0.05) is 7.05 Å². The van der Waals surface area contributed by atoms with E-state index in [0.717, 1.165) is 22.4 Å². The maximum Gasteiger partial charge on any atom is 0.416 e. The average molecular weight is 363 g/mol. The third-order valence-electron chi connectivity index (χ3n) is 3.85. The zero-order valence-corrected chi connectivity index (χ0v) is 13.9. The fourth-order valence-electron chi connectivity index (χ4n) is 2.40. The van der Waals surface area contributed by atoms with Crippen molar-refractivity contribution < 1.29 is 17.9 Å². The number of benzene rings is 2. The lowest BCUT2D eigenvalue weighted by atomic mass is 10.2. The second-order valence-corrected chi connectivity index (χ2v) is 5.69. The minimum absolute atomic E-state index is 0.105. The summed E-state index contributed by atoms with van der Waals surface area (Å²) in [5.41, 5.74) is 0.00676. The second kappa shape index (κ2) is 7.17. The molecule has 0 bridgehead atoms. The van der Waals surface area contributed by atoms with Gasteiger partial charge < -0.3 is 4.74 Å². The van der Waals surface area contributed by atoms with Crippen LogP contribution in [0.3, 0.4) is 0 Å². The lowest BCUT2D eigenvalue weighted by Gasteiger charge is -2.06. The topological polar surface area (TPSA) is 49.0 Å². The quantitative estimate of drug-likeness (QED) is 0.699. The van der Waals surface area contributed by atoms with Crippen molar-refractivity contribution >= 4 is 0 Å². The zero-order valence-electron chi connectivity index (χ0n) is 13.9. The molecule has 0 spiro atoms. The highest BCUT2D eigenvalue weighted by Crippen LogP contribution is 2.29. The summed E-state index contributed by atoms with van der Waals surface area (Å²) in [4.78, 5) is 12.3. The van der Waals surface area contributed by atoms with E-state index in [4.69, 9.17) is 4.74 Å². The number of halogens is 3. The molecular formula is C18H16F3N3O2. The van der Waals surface area contributed by atoms with Gasteiger partial charge in [0.05, 0.1) is 17.9 Å². The predicted octanol–water partition coefficient (Wildman–Crippen LogP) is 3.31. The first kappa shape index (κ1) is 17.9. The molecule has 0 saturated heterocycles. The molecule has 1 aromatic heterocycles. The Morgan fingerprint density at radius 2 is 1.65 bits per heavy atom. The van der Waals surface area contributed by atoms with Crippen molar-refractivity contribution in [3.05, 3.63) is 82.0 Å². The number of rotatable bonds is 5. The molecule has 3 aromatic rings. The summed E-state index contributed by atoms with van der Waals surface area (Å²) in [6.45, 7) is 0.469. The van der Waals surface area contributed by atoms with Crippen LogP contribution in [0.4, 0.5) is 13.2 Å². The van der Waals surface area contributed by atoms with E-state index in [2.05, 4.69) is 5.10 Å². The van der Waals surface area contributed by atoms with Crippen molar-refractivity contribution in [3.63, 3.8) is 0 Å². The number of hydrogen-bond acceptors (Lipinski definition) is 3. The molecule has 0 N–H and O–H groups in total. The van der Waals surface area contributed by atoms with Gasteiger partial charge in [-0.05, 0) is 29.8 Å². The van der Waals surface area contributed by atoms with Crippen LogP contribution >= 0.6 is 0 Å². The molecule has 0 atom stereocenters. The summed E-state index contributed by atoms with van der Waals surface area (Å²) < 4.78 is 45.9. The Labute approximate surface area is 147 Å². The smallest absolute Gasteiger partial charge is 0.369 e. The molecule has 0 aliphatic carbocycles. The van der Waals surface area contributed by atoms with E-state index in [9.17, 15) is 18.0 Å². The van der Waals surface area contributed by atoms with Crippen LogP contribution in [-0.2, 0) is 31.2 Å². The van der Waals surface area contributed by atoms with Crippen molar-refractivity contribution in [3.8, 4) is 5.69 Å². The van der Waals surface area contributed by atoms with E-state index in [1.54, 1.807) is 0 Å². The average Bonchev–Trinajstić information content (AvgIpc) is 2.91. The van der Waals surface area contributed by atoms with Gasteiger partial charge in [0.1, 0.15) is 6.61 Å². The fourth-order valence-corrected chi connectivity index (χ4v) is 2.40. The molecule has 0 radical (unpaired) electrons. The number of nitrogens with zero attached hydrogens (tertiary/aromatic N) is 3. The standard InChI is InChI=1S/C18H16F3N3O2/c1-23-16(12-26-11-13-5-3-2-4-6-13)22-24(17(23)25)15-9-7-14(8-10-15)18(19,20)21/h2-10H,11-12H2,1H3. The molecule has 0 amide bonds. The highest BCUT2D eigenvalue weighted by molar-refractivity contribution is 5.34. The SMILES string of the molecule is Cn1c(COCc2ccccc2)nn(-c2ccc(C(F)(F)F)cc2)c1=O. The van der Waals surface area contributed by atoms with Gasteiger partial charge in [0.2, 0.25) is 0 Å². The molecule has 26 heavy (non-hydrogen) atoms. The second-order valence-electron chi connectivity index (χ2n) is 5.69. The first-order chi connectivity index (χ1) is 12.4. The third kappa shape index (κ3) is 3.85. The molecule has 2 aromatic carbocycles. The minimum atomic E-state index is -4.43. The molecular weight excluding hydrogens is 347 g/mol. The van der Waals surface area contributed by atoms with E-state index >= 15 is 0 Å². The Balaban J connectivity index is 1.76.